The van der Waals surface area contributed by atoms with Crippen molar-refractivity contribution in [3.63, 3.8) is 0 Å². The van der Waals surface area contributed by atoms with Gasteiger partial charge in [-0.15, -0.1) is 11.3 Å². The summed E-state index contributed by atoms with van der Waals surface area (Å²) in [5.41, 5.74) is -0.0920. The lowest BCUT2D eigenvalue weighted by molar-refractivity contribution is -0.121. The molecule has 0 spiro atoms. The van der Waals surface area contributed by atoms with Crippen LogP contribution in [0.4, 0.5) is 4.39 Å². The number of hydrogen-bond acceptors (Lipinski definition) is 7. The van der Waals surface area contributed by atoms with E-state index in [0.717, 1.165) is 15.9 Å². The number of ether oxygens (including phenoxy) is 1. The van der Waals surface area contributed by atoms with E-state index in [-0.39, 0.29) is 34.9 Å². The van der Waals surface area contributed by atoms with Crippen LogP contribution in [-0.2, 0) is 17.9 Å². The average molecular weight is 487 g/mol. The Bertz CT molecular complexity index is 1440. The first-order chi connectivity index (χ1) is 15.9. The van der Waals surface area contributed by atoms with Gasteiger partial charge in [0.2, 0.25) is 5.91 Å². The van der Waals surface area contributed by atoms with Crippen molar-refractivity contribution in [3.8, 4) is 11.4 Å². The molecule has 0 radical (unpaired) electrons. The number of thioether (sulfide) groups is 1. The number of hydrogen-bond donors (Lipinski definition) is 1. The smallest absolute Gasteiger partial charge is 0.337 e. The predicted octanol–water partition coefficient (Wildman–Crippen LogP) is 2.79. The molecule has 11 heteroatoms. The second-order valence-corrected chi connectivity index (χ2v) is 8.97. The summed E-state index contributed by atoms with van der Waals surface area (Å²) < 4.78 is 21.5. The third kappa shape index (κ3) is 4.55. The molecule has 1 N–H and O–H groups in total. The minimum Gasteiger partial charge on any atom is -0.495 e. The fraction of sp³-hybridized carbons (Fsp3) is 0.182. The average Bonchev–Trinajstić information content (AvgIpc) is 3.27. The summed E-state index contributed by atoms with van der Waals surface area (Å²) in [7, 11) is 1.45. The van der Waals surface area contributed by atoms with Crippen molar-refractivity contribution in [3.05, 3.63) is 80.7 Å². The normalized spacial score (nSPS) is 11.0. The highest BCUT2D eigenvalue weighted by molar-refractivity contribution is 8.00. The van der Waals surface area contributed by atoms with Crippen LogP contribution in [0, 0.1) is 5.82 Å². The van der Waals surface area contributed by atoms with Crippen LogP contribution in [0.3, 0.4) is 0 Å². The maximum Gasteiger partial charge on any atom is 0.337 e. The molecular weight excluding hydrogens is 467 g/mol. The number of carbonyl (C=O) groups excluding carboxylic acids is 1. The van der Waals surface area contributed by atoms with Crippen LogP contribution in [0.1, 0.15) is 5.56 Å². The van der Waals surface area contributed by atoms with E-state index in [1.165, 1.54) is 35.6 Å². The summed E-state index contributed by atoms with van der Waals surface area (Å²) in [6.45, 7) is -0.181. The van der Waals surface area contributed by atoms with Crippen molar-refractivity contribution in [2.75, 3.05) is 13.4 Å². The number of thiazole rings is 1. The predicted molar refractivity (Wildman–Crippen MR) is 126 cm³/mol. The fourth-order valence-electron chi connectivity index (χ4n) is 3.27. The molecular formula is C22H19FN4O4S2. The molecule has 0 saturated heterocycles. The lowest BCUT2D eigenvalue weighted by Gasteiger charge is -2.13. The fourth-order valence-corrected chi connectivity index (χ4v) is 4.77. The molecule has 2 heterocycles. The molecule has 0 atom stereocenters. The van der Waals surface area contributed by atoms with Gasteiger partial charge >= 0.3 is 5.69 Å². The van der Waals surface area contributed by atoms with E-state index in [0.29, 0.717) is 15.7 Å². The van der Waals surface area contributed by atoms with Gasteiger partial charge in [-0.2, -0.15) is 0 Å². The summed E-state index contributed by atoms with van der Waals surface area (Å²) in [5, 5.41) is 2.71. The quantitative estimate of drug-likeness (QED) is 0.404. The number of amides is 1. The Balaban J connectivity index is 1.77. The van der Waals surface area contributed by atoms with Crippen molar-refractivity contribution in [2.24, 2.45) is 0 Å². The van der Waals surface area contributed by atoms with Crippen LogP contribution in [0.2, 0.25) is 0 Å². The van der Waals surface area contributed by atoms with Gasteiger partial charge in [-0.05, 0) is 36.1 Å². The molecule has 0 aliphatic carbocycles. The number of carbonyl (C=O) groups is 1. The molecule has 2 aromatic carbocycles. The molecule has 2 aromatic heterocycles. The molecule has 0 saturated carbocycles. The van der Waals surface area contributed by atoms with Crippen LogP contribution in [-0.4, -0.2) is 33.4 Å². The van der Waals surface area contributed by atoms with Gasteiger partial charge in [0.15, 0.2) is 9.99 Å². The number of aromatic nitrogens is 3. The molecule has 4 rings (SSSR count). The van der Waals surface area contributed by atoms with Gasteiger partial charge in [0.25, 0.3) is 5.56 Å². The molecule has 170 valence electrons. The number of rotatable bonds is 7. The number of benzene rings is 2. The molecule has 0 bridgehead atoms. The Labute approximate surface area is 195 Å². The van der Waals surface area contributed by atoms with Gasteiger partial charge in [0.1, 0.15) is 22.8 Å². The first-order valence-electron chi connectivity index (χ1n) is 9.78. The van der Waals surface area contributed by atoms with E-state index in [9.17, 15) is 18.8 Å². The topological polar surface area (TPSA) is 95.2 Å². The van der Waals surface area contributed by atoms with Gasteiger partial charge in [-0.3, -0.25) is 14.2 Å². The van der Waals surface area contributed by atoms with Gasteiger partial charge in [-0.1, -0.05) is 36.0 Å². The summed E-state index contributed by atoms with van der Waals surface area (Å²) in [4.78, 5) is 43.8. The highest BCUT2D eigenvalue weighted by Crippen LogP contribution is 2.26. The van der Waals surface area contributed by atoms with Crippen molar-refractivity contribution in [1.29, 1.82) is 0 Å². The van der Waals surface area contributed by atoms with Crippen molar-refractivity contribution in [2.45, 2.75) is 17.4 Å². The Kier molecular flexibility index (Phi) is 6.61. The monoisotopic (exact) mass is 486 g/mol. The number of halogens is 1. The number of methoxy groups -OCH3 is 1. The van der Waals surface area contributed by atoms with Crippen molar-refractivity contribution >= 4 is 39.4 Å². The van der Waals surface area contributed by atoms with Gasteiger partial charge in [-0.25, -0.2) is 18.7 Å². The Morgan fingerprint density at radius 3 is 2.61 bits per heavy atom. The van der Waals surface area contributed by atoms with Crippen LogP contribution in [0.15, 0.2) is 62.5 Å². The third-order valence-corrected chi connectivity index (χ3v) is 6.89. The van der Waals surface area contributed by atoms with Crippen LogP contribution < -0.4 is 21.3 Å². The summed E-state index contributed by atoms with van der Waals surface area (Å²) in [5.74, 6) is -0.477. The van der Waals surface area contributed by atoms with Gasteiger partial charge < -0.3 is 10.1 Å². The number of fused-ring (bicyclic) bond motifs is 1. The highest BCUT2D eigenvalue weighted by atomic mass is 32.2. The first kappa shape index (κ1) is 22.7. The van der Waals surface area contributed by atoms with E-state index in [4.69, 9.17) is 4.74 Å². The zero-order valence-corrected chi connectivity index (χ0v) is 19.3. The summed E-state index contributed by atoms with van der Waals surface area (Å²) in [6, 6.07) is 12.4. The Morgan fingerprint density at radius 2 is 1.91 bits per heavy atom. The zero-order valence-electron chi connectivity index (χ0n) is 17.7. The molecule has 33 heavy (non-hydrogen) atoms. The zero-order chi connectivity index (χ0) is 23.5. The number of nitrogens with zero attached hydrogens (tertiary/aromatic N) is 3. The Morgan fingerprint density at radius 1 is 1.18 bits per heavy atom. The maximum absolute atomic E-state index is 13.4. The lowest BCUT2D eigenvalue weighted by Crippen LogP contribution is -2.41. The van der Waals surface area contributed by atoms with Gasteiger partial charge in [0.05, 0.1) is 12.8 Å². The lowest BCUT2D eigenvalue weighted by atomic mass is 10.2. The first-order valence-corrected chi connectivity index (χ1v) is 11.8. The number of nitrogens with one attached hydrogen (secondary N) is 1. The second-order valence-electron chi connectivity index (χ2n) is 6.92. The number of para-hydroxylation sites is 2. The summed E-state index contributed by atoms with van der Waals surface area (Å²) in [6.07, 6.45) is 1.81. The Hall–Kier alpha value is -3.44. The largest absolute Gasteiger partial charge is 0.495 e. The van der Waals surface area contributed by atoms with Crippen LogP contribution >= 0.6 is 23.1 Å². The maximum atomic E-state index is 13.4. The van der Waals surface area contributed by atoms with E-state index >= 15 is 0 Å². The molecule has 4 aromatic rings. The second kappa shape index (κ2) is 9.59. The molecule has 0 fully saturated rings. The van der Waals surface area contributed by atoms with E-state index in [2.05, 4.69) is 10.3 Å². The summed E-state index contributed by atoms with van der Waals surface area (Å²) >= 11 is 2.50. The van der Waals surface area contributed by atoms with Gasteiger partial charge in [0, 0.05) is 6.54 Å². The molecule has 1 amide bonds. The molecule has 0 unspecified atom stereocenters. The SMILES string of the molecule is COc1ccccc1-n1c(=O)c2sc(SC)nc2n(CC(=O)NCc2ccc(F)cc2)c1=O. The van der Waals surface area contributed by atoms with Crippen LogP contribution in [0.5, 0.6) is 5.75 Å². The molecule has 8 nitrogen and oxygen atoms in total. The molecule has 0 aliphatic heterocycles. The van der Waals surface area contributed by atoms with E-state index in [1.807, 2.05) is 6.26 Å². The van der Waals surface area contributed by atoms with Crippen LogP contribution in [0.25, 0.3) is 16.0 Å². The molecule has 0 aliphatic rings. The van der Waals surface area contributed by atoms with Crippen molar-refractivity contribution in [1.82, 2.24) is 19.4 Å². The van der Waals surface area contributed by atoms with E-state index in [1.54, 1.807) is 36.4 Å². The van der Waals surface area contributed by atoms with Crippen molar-refractivity contribution < 1.29 is 13.9 Å². The van der Waals surface area contributed by atoms with E-state index < -0.39 is 17.2 Å². The minimum absolute atomic E-state index is 0.155. The minimum atomic E-state index is -0.702. The standard InChI is InChI=1S/C22H19FN4O4S2/c1-31-16-6-4-3-5-15(16)27-20(29)18-19(25-21(32-2)33-18)26(22(27)30)12-17(28)24-11-13-7-9-14(23)10-8-13/h3-10H,11-12H2,1-2H3,(H,24,28). The highest BCUT2D eigenvalue weighted by Gasteiger charge is 2.21. The third-order valence-electron chi connectivity index (χ3n) is 4.87.